The Morgan fingerprint density at radius 1 is 0.800 bits per heavy atom. The van der Waals surface area contributed by atoms with Crippen LogP contribution in [0.2, 0.25) is 0 Å². The highest BCUT2D eigenvalue weighted by Gasteiger charge is 2.22. The summed E-state index contributed by atoms with van der Waals surface area (Å²) in [6.07, 6.45) is -2.85. The van der Waals surface area contributed by atoms with E-state index in [2.05, 4.69) is 31.1 Å². The molecule has 0 aromatic carbocycles. The maximum absolute atomic E-state index is 12.1. The average Bonchev–Trinajstić information content (AvgIpc) is 3.30. The van der Waals surface area contributed by atoms with Crippen LogP contribution in [0.25, 0.3) is 0 Å². The Morgan fingerprint density at radius 3 is 1.57 bits per heavy atom. The van der Waals surface area contributed by atoms with Gasteiger partial charge in [0.25, 0.3) is 0 Å². The largest absolute Gasteiger partial charge is 0.512 e. The number of aromatic nitrogens is 8. The van der Waals surface area contributed by atoms with Gasteiger partial charge in [0.2, 0.25) is 0 Å². The van der Waals surface area contributed by atoms with Crippen molar-refractivity contribution in [2.45, 2.75) is 53.4 Å². The molecule has 0 bridgehead atoms. The Kier molecular flexibility index (Phi) is 8.42. The maximum atomic E-state index is 12.1. The lowest BCUT2D eigenvalue weighted by molar-refractivity contribution is -0.122. The molecular weight excluding hydrogens is 404 g/mol. The minimum absolute atomic E-state index is 0.0417. The fourth-order valence-corrected chi connectivity index (χ4v) is 2.16. The predicted octanol–water partition coefficient (Wildman–Crippen LogP) is -0.239. The SMILES string of the molecule is CC(=O)COCc1nnnn1[C@@H](C)OC(=O)O[C@H](C)n1nnnc1COCC(C)=O. The van der Waals surface area contributed by atoms with Gasteiger partial charge in [0, 0.05) is 0 Å². The Balaban J connectivity index is 1.89. The summed E-state index contributed by atoms with van der Waals surface area (Å²) in [5.41, 5.74) is 0. The van der Waals surface area contributed by atoms with Crippen molar-refractivity contribution in [3.63, 3.8) is 0 Å². The van der Waals surface area contributed by atoms with Crippen molar-refractivity contribution in [3.05, 3.63) is 11.6 Å². The van der Waals surface area contributed by atoms with Crippen molar-refractivity contribution < 1.29 is 33.3 Å². The van der Waals surface area contributed by atoms with Gasteiger partial charge in [0.05, 0.1) is 0 Å². The van der Waals surface area contributed by atoms with E-state index in [1.54, 1.807) is 0 Å². The van der Waals surface area contributed by atoms with Crippen LogP contribution in [-0.4, -0.2) is 71.4 Å². The molecule has 2 atom stereocenters. The first-order valence-electron chi connectivity index (χ1n) is 8.83. The van der Waals surface area contributed by atoms with Crippen LogP contribution in [0.15, 0.2) is 0 Å². The highest BCUT2D eigenvalue weighted by Crippen LogP contribution is 2.14. The second-order valence-corrected chi connectivity index (χ2v) is 6.15. The molecule has 0 radical (unpaired) electrons. The third-order valence-corrected chi connectivity index (χ3v) is 3.42. The fourth-order valence-electron chi connectivity index (χ4n) is 2.16. The van der Waals surface area contributed by atoms with Crippen LogP contribution in [0.3, 0.4) is 0 Å². The molecular formula is C15H22N8O7. The highest BCUT2D eigenvalue weighted by molar-refractivity contribution is 5.76. The third-order valence-electron chi connectivity index (χ3n) is 3.42. The molecule has 0 aliphatic rings. The molecule has 0 saturated heterocycles. The van der Waals surface area contributed by atoms with E-state index in [0.717, 1.165) is 0 Å². The second-order valence-electron chi connectivity index (χ2n) is 6.15. The van der Waals surface area contributed by atoms with Gasteiger partial charge in [-0.3, -0.25) is 9.59 Å². The first kappa shape index (κ1) is 23.0. The van der Waals surface area contributed by atoms with Gasteiger partial charge in [-0.15, -0.1) is 10.2 Å². The van der Waals surface area contributed by atoms with Gasteiger partial charge >= 0.3 is 6.16 Å². The zero-order valence-electron chi connectivity index (χ0n) is 16.9. The molecule has 30 heavy (non-hydrogen) atoms. The Bertz CT molecular complexity index is 799. The number of ether oxygens (including phenoxy) is 4. The first-order chi connectivity index (χ1) is 14.3. The molecule has 2 rings (SSSR count). The van der Waals surface area contributed by atoms with Crippen LogP contribution >= 0.6 is 0 Å². The van der Waals surface area contributed by atoms with Gasteiger partial charge in [-0.05, 0) is 48.5 Å². The van der Waals surface area contributed by atoms with Crippen LogP contribution in [0.1, 0.15) is 51.8 Å². The molecule has 2 aromatic heterocycles. The van der Waals surface area contributed by atoms with Crippen LogP contribution in [0.4, 0.5) is 4.79 Å². The quantitative estimate of drug-likeness (QED) is 0.407. The molecule has 0 amide bonds. The van der Waals surface area contributed by atoms with Crippen molar-refractivity contribution >= 4 is 17.7 Å². The summed E-state index contributed by atoms with van der Waals surface area (Å²) in [6, 6.07) is 0. The number of ketones is 2. The Morgan fingerprint density at radius 2 is 1.20 bits per heavy atom. The predicted molar refractivity (Wildman–Crippen MR) is 93.3 cm³/mol. The molecule has 0 N–H and O–H groups in total. The molecule has 0 saturated carbocycles. The van der Waals surface area contributed by atoms with Gasteiger partial charge in [-0.25, -0.2) is 4.79 Å². The van der Waals surface area contributed by atoms with Crippen molar-refractivity contribution in [1.82, 2.24) is 40.4 Å². The van der Waals surface area contributed by atoms with Crippen molar-refractivity contribution in [1.29, 1.82) is 0 Å². The van der Waals surface area contributed by atoms with Crippen molar-refractivity contribution in [2.24, 2.45) is 0 Å². The lowest BCUT2D eigenvalue weighted by atomic mass is 10.5. The van der Waals surface area contributed by atoms with Crippen molar-refractivity contribution in [2.75, 3.05) is 13.2 Å². The molecule has 15 heteroatoms. The number of nitrogens with zero attached hydrogens (tertiary/aromatic N) is 8. The molecule has 2 heterocycles. The van der Waals surface area contributed by atoms with Crippen molar-refractivity contribution in [3.8, 4) is 0 Å². The fraction of sp³-hybridized carbons (Fsp3) is 0.667. The van der Waals surface area contributed by atoms with E-state index in [9.17, 15) is 14.4 Å². The van der Waals surface area contributed by atoms with Crippen LogP contribution in [-0.2, 0) is 41.8 Å². The summed E-state index contributed by atoms with van der Waals surface area (Å²) in [6.45, 7) is 5.55. The average molecular weight is 426 g/mol. The summed E-state index contributed by atoms with van der Waals surface area (Å²) >= 11 is 0. The molecule has 0 spiro atoms. The molecule has 0 fully saturated rings. The highest BCUT2D eigenvalue weighted by atomic mass is 16.7. The zero-order valence-corrected chi connectivity index (χ0v) is 16.9. The number of rotatable bonds is 12. The number of hydrogen-bond donors (Lipinski definition) is 0. The minimum atomic E-state index is -1.02. The van der Waals surface area contributed by atoms with Crippen LogP contribution in [0, 0.1) is 0 Å². The monoisotopic (exact) mass is 426 g/mol. The summed E-state index contributed by atoms with van der Waals surface area (Å²) < 4.78 is 23.1. The summed E-state index contributed by atoms with van der Waals surface area (Å²) in [4.78, 5) is 34.0. The maximum Gasteiger partial charge on any atom is 0.512 e. The number of tetrazole rings is 2. The van der Waals surface area contributed by atoms with E-state index in [1.807, 2.05) is 0 Å². The number of Topliss-reactive ketones (excluding diaryl/α,β-unsaturated/α-hetero) is 2. The van der Waals surface area contributed by atoms with E-state index in [1.165, 1.54) is 37.1 Å². The summed E-state index contributed by atoms with van der Waals surface area (Å²) in [5, 5.41) is 22.0. The summed E-state index contributed by atoms with van der Waals surface area (Å²) in [7, 11) is 0. The topological polar surface area (TPSA) is 175 Å². The first-order valence-corrected chi connectivity index (χ1v) is 8.83. The summed E-state index contributed by atoms with van der Waals surface area (Å²) in [5.74, 6) is 0.221. The van der Waals surface area contributed by atoms with Gasteiger partial charge < -0.3 is 18.9 Å². The van der Waals surface area contributed by atoms with E-state index in [0.29, 0.717) is 0 Å². The van der Waals surface area contributed by atoms with Crippen LogP contribution < -0.4 is 0 Å². The van der Waals surface area contributed by atoms with Gasteiger partial charge in [0.15, 0.2) is 35.7 Å². The zero-order chi connectivity index (χ0) is 22.1. The molecule has 15 nitrogen and oxygen atoms in total. The minimum Gasteiger partial charge on any atom is -0.408 e. The van der Waals surface area contributed by atoms with E-state index in [4.69, 9.17) is 18.9 Å². The van der Waals surface area contributed by atoms with Gasteiger partial charge in [0.1, 0.15) is 26.4 Å². The molecule has 0 aliphatic carbocycles. The third kappa shape index (κ3) is 6.93. The Hall–Kier alpha value is -3.33. The van der Waals surface area contributed by atoms with E-state index >= 15 is 0 Å². The number of carbonyl (C=O) groups is 3. The van der Waals surface area contributed by atoms with Gasteiger partial charge in [-0.1, -0.05) is 0 Å². The molecule has 0 unspecified atom stereocenters. The van der Waals surface area contributed by atoms with Gasteiger partial charge in [-0.2, -0.15) is 9.36 Å². The Labute approximate surface area is 170 Å². The molecule has 0 aliphatic heterocycles. The lowest BCUT2D eigenvalue weighted by Gasteiger charge is -2.17. The number of hydrogen-bond acceptors (Lipinski definition) is 13. The molecule has 164 valence electrons. The standard InChI is InChI=1S/C15H22N8O7/c1-9(24)5-27-7-13-16-18-20-22(13)11(3)29-15(26)30-12(4)23-14(17-19-21-23)8-28-6-10(2)25/h11-12H,5-8H2,1-4H3/t11-,12-/m1/s1. The lowest BCUT2D eigenvalue weighted by Crippen LogP contribution is -2.23. The van der Waals surface area contributed by atoms with E-state index in [-0.39, 0.29) is 49.6 Å². The van der Waals surface area contributed by atoms with Crippen LogP contribution in [0.5, 0.6) is 0 Å². The normalized spacial score (nSPS) is 12.9. The number of carbonyl (C=O) groups excluding carboxylic acids is 3. The van der Waals surface area contributed by atoms with E-state index < -0.39 is 18.6 Å². The smallest absolute Gasteiger partial charge is 0.408 e. The molecule has 2 aromatic rings. The second kappa shape index (κ2) is 11.0.